The predicted molar refractivity (Wildman–Crippen MR) is 214 cm³/mol. The van der Waals surface area contributed by atoms with Crippen molar-refractivity contribution in [1.29, 1.82) is 0 Å². The van der Waals surface area contributed by atoms with Gasteiger partial charge in [0.2, 0.25) is 0 Å². The predicted octanol–water partition coefficient (Wildman–Crippen LogP) is 13.7. The number of fused-ring (bicyclic) bond motifs is 4. The molecule has 2 aromatic heterocycles. The number of nitrogens with zero attached hydrogens (tertiary/aromatic N) is 2. The van der Waals surface area contributed by atoms with Crippen LogP contribution in [0.25, 0.3) is 71.7 Å². The number of aromatic nitrogens is 1. The number of hydrogen-bond donors (Lipinski definition) is 0. The second-order valence-corrected chi connectivity index (χ2v) is 13.7. The van der Waals surface area contributed by atoms with Crippen LogP contribution in [0.4, 0.5) is 17.1 Å². The first-order valence-corrected chi connectivity index (χ1v) is 17.8. The van der Waals surface area contributed by atoms with Crippen molar-refractivity contribution in [2.24, 2.45) is 0 Å². The zero-order valence-electron chi connectivity index (χ0n) is 28.3. The maximum atomic E-state index is 6.62. The van der Waals surface area contributed by atoms with E-state index in [1.807, 2.05) is 36.4 Å². The molecule has 0 amide bonds. The van der Waals surface area contributed by atoms with E-state index < -0.39 is 0 Å². The van der Waals surface area contributed by atoms with Gasteiger partial charge in [0.05, 0.1) is 22.1 Å². The van der Waals surface area contributed by atoms with Crippen LogP contribution in [0.3, 0.4) is 0 Å². The Bertz CT molecular complexity index is 3100. The third-order valence-electron chi connectivity index (χ3n) is 10.7. The van der Waals surface area contributed by atoms with Crippen molar-refractivity contribution in [2.45, 2.75) is 0 Å². The van der Waals surface area contributed by atoms with Crippen molar-refractivity contribution in [2.75, 3.05) is 4.90 Å². The molecular weight excluding hydrogens is 653 g/mol. The maximum absolute atomic E-state index is 6.62. The van der Waals surface area contributed by atoms with Crippen molar-refractivity contribution in [3.63, 3.8) is 0 Å². The highest BCUT2D eigenvalue weighted by Gasteiger charge is 2.32. The maximum Gasteiger partial charge on any atom is 0.155 e. The summed E-state index contributed by atoms with van der Waals surface area (Å²) in [4.78, 5) is 2.33. The van der Waals surface area contributed by atoms with Crippen molar-refractivity contribution < 1.29 is 13.9 Å². The van der Waals surface area contributed by atoms with Gasteiger partial charge in [-0.25, -0.2) is 0 Å². The second-order valence-electron chi connectivity index (χ2n) is 13.7. The number of ether oxygens (including phenoxy) is 2. The first-order chi connectivity index (χ1) is 26.3. The van der Waals surface area contributed by atoms with E-state index in [1.165, 1.54) is 11.1 Å². The lowest BCUT2D eigenvalue weighted by Crippen LogP contribution is -2.10. The molecule has 0 radical (unpaired) electrons. The fraction of sp³-hybridized carbons (Fsp3) is 0. The smallest absolute Gasteiger partial charge is 0.155 e. The van der Waals surface area contributed by atoms with Gasteiger partial charge in [-0.3, -0.25) is 4.57 Å². The highest BCUT2D eigenvalue weighted by molar-refractivity contribution is 6.16. The molecule has 12 rings (SSSR count). The molecule has 5 heteroatoms. The molecule has 10 aromatic rings. The minimum Gasteiger partial charge on any atom is -0.456 e. The summed E-state index contributed by atoms with van der Waals surface area (Å²) in [5.74, 6) is 3.31. The Hall–Kier alpha value is -7.24. The van der Waals surface area contributed by atoms with Gasteiger partial charge in [0.25, 0.3) is 0 Å². The summed E-state index contributed by atoms with van der Waals surface area (Å²) in [6, 6.07) is 59.5. The quantitative estimate of drug-likeness (QED) is 0.181. The number of para-hydroxylation sites is 3. The molecule has 248 valence electrons. The van der Waals surface area contributed by atoms with Gasteiger partial charge in [-0.15, -0.1) is 0 Å². The first-order valence-electron chi connectivity index (χ1n) is 17.8. The van der Waals surface area contributed by atoms with Crippen LogP contribution in [0, 0.1) is 0 Å². The molecule has 0 unspecified atom stereocenters. The summed E-state index contributed by atoms with van der Waals surface area (Å²) in [6.45, 7) is 0. The monoisotopic (exact) mass is 680 g/mol. The molecule has 0 bridgehead atoms. The molecule has 0 saturated heterocycles. The Kier molecular flexibility index (Phi) is 5.71. The first kappa shape index (κ1) is 28.5. The number of benzene rings is 8. The molecule has 0 atom stereocenters. The summed E-state index contributed by atoms with van der Waals surface area (Å²) in [5.41, 5.74) is 12.6. The van der Waals surface area contributed by atoms with Crippen LogP contribution in [-0.2, 0) is 0 Å². The molecule has 0 fully saturated rings. The summed E-state index contributed by atoms with van der Waals surface area (Å²) in [7, 11) is 0. The van der Waals surface area contributed by atoms with Gasteiger partial charge in [-0.2, -0.15) is 0 Å². The minimum absolute atomic E-state index is 0.797. The highest BCUT2D eigenvalue weighted by Crippen LogP contribution is 2.54. The third-order valence-corrected chi connectivity index (χ3v) is 10.7. The Morgan fingerprint density at radius 1 is 0.396 bits per heavy atom. The lowest BCUT2D eigenvalue weighted by atomic mass is 10.0. The van der Waals surface area contributed by atoms with Crippen LogP contribution in [0.1, 0.15) is 0 Å². The van der Waals surface area contributed by atoms with Crippen LogP contribution in [0.2, 0.25) is 0 Å². The average Bonchev–Trinajstić information content (AvgIpc) is 3.77. The van der Waals surface area contributed by atoms with E-state index in [-0.39, 0.29) is 0 Å². The zero-order valence-corrected chi connectivity index (χ0v) is 28.3. The molecule has 4 heterocycles. The molecule has 0 spiro atoms. The molecule has 2 aliphatic heterocycles. The summed E-state index contributed by atoms with van der Waals surface area (Å²) >= 11 is 0. The summed E-state index contributed by atoms with van der Waals surface area (Å²) in [5, 5.41) is 4.46. The van der Waals surface area contributed by atoms with Crippen molar-refractivity contribution in [3.05, 3.63) is 170 Å². The van der Waals surface area contributed by atoms with E-state index in [0.29, 0.717) is 0 Å². The van der Waals surface area contributed by atoms with Crippen LogP contribution < -0.4 is 14.4 Å². The molecule has 0 aliphatic carbocycles. The molecule has 53 heavy (non-hydrogen) atoms. The summed E-state index contributed by atoms with van der Waals surface area (Å²) in [6.07, 6.45) is 0. The molecule has 0 N–H and O–H groups in total. The Balaban J connectivity index is 1.02. The normalized spacial score (nSPS) is 12.5. The topological polar surface area (TPSA) is 39.8 Å². The minimum atomic E-state index is 0.797. The van der Waals surface area contributed by atoms with E-state index in [2.05, 4.69) is 143 Å². The van der Waals surface area contributed by atoms with E-state index in [9.17, 15) is 0 Å². The highest BCUT2D eigenvalue weighted by atomic mass is 16.5. The number of furan rings is 1. The lowest BCUT2D eigenvalue weighted by Gasteiger charge is -2.27. The lowest BCUT2D eigenvalue weighted by molar-refractivity contribution is 0.444. The van der Waals surface area contributed by atoms with Crippen molar-refractivity contribution in [1.82, 2.24) is 4.57 Å². The molecule has 0 saturated carbocycles. The largest absolute Gasteiger partial charge is 0.456 e. The van der Waals surface area contributed by atoms with Gasteiger partial charge >= 0.3 is 0 Å². The van der Waals surface area contributed by atoms with Gasteiger partial charge in [-0.1, -0.05) is 97.1 Å². The van der Waals surface area contributed by atoms with E-state index in [4.69, 9.17) is 13.9 Å². The van der Waals surface area contributed by atoms with Gasteiger partial charge in [0.15, 0.2) is 23.0 Å². The Labute approximate surface area is 304 Å². The number of rotatable bonds is 5. The average molecular weight is 681 g/mol. The Morgan fingerprint density at radius 2 is 0.981 bits per heavy atom. The zero-order chi connectivity index (χ0) is 34.6. The van der Waals surface area contributed by atoms with Gasteiger partial charge in [0, 0.05) is 27.5 Å². The molecule has 8 aromatic carbocycles. The van der Waals surface area contributed by atoms with Gasteiger partial charge in [-0.05, 0) is 95.1 Å². The van der Waals surface area contributed by atoms with Crippen molar-refractivity contribution >= 4 is 60.8 Å². The van der Waals surface area contributed by atoms with Gasteiger partial charge in [0.1, 0.15) is 16.9 Å². The fourth-order valence-electron chi connectivity index (χ4n) is 8.41. The molecular formula is C48H28N2O3. The molecule has 2 aliphatic rings. The van der Waals surface area contributed by atoms with Gasteiger partial charge < -0.3 is 18.8 Å². The standard InChI is InChI=1S/C48H28N2O3/c1-2-9-29(10-3-1)30-19-23-33(24-20-30)49(38-13-7-15-40-45(38)36-11-4-5-14-39(36)51-40)34-25-21-31(22-26-34)32-27-37-35-12-6-16-41-46(35)50-47(37)44(28-32)53-43-18-8-17-42(52-41)48(43)50/h1-28H. The van der Waals surface area contributed by atoms with Crippen LogP contribution >= 0.6 is 0 Å². The number of anilines is 3. The number of hydrogen-bond acceptors (Lipinski definition) is 4. The van der Waals surface area contributed by atoms with Crippen molar-refractivity contribution in [3.8, 4) is 50.9 Å². The van der Waals surface area contributed by atoms with E-state index in [0.717, 1.165) is 101 Å². The van der Waals surface area contributed by atoms with Crippen LogP contribution in [-0.4, -0.2) is 4.57 Å². The fourth-order valence-corrected chi connectivity index (χ4v) is 8.41. The Morgan fingerprint density at radius 3 is 1.77 bits per heavy atom. The SMILES string of the molecule is c1ccc(-c2ccc(N(c3ccc(-c4cc5c6c(c4)c4cccc7c4n6-c4c(cccc4O5)O7)cc3)c3cccc4oc5ccccc5c34)cc2)cc1. The second kappa shape index (κ2) is 10.6. The van der Waals surface area contributed by atoms with Crippen LogP contribution in [0.5, 0.6) is 23.0 Å². The van der Waals surface area contributed by atoms with E-state index in [1.54, 1.807) is 0 Å². The van der Waals surface area contributed by atoms with Crippen LogP contribution in [0.15, 0.2) is 174 Å². The third kappa shape index (κ3) is 4.07. The molecule has 5 nitrogen and oxygen atoms in total. The summed E-state index contributed by atoms with van der Waals surface area (Å²) < 4.78 is 21.7. The van der Waals surface area contributed by atoms with E-state index >= 15 is 0 Å².